The van der Waals surface area contributed by atoms with Gasteiger partial charge in [-0.1, -0.05) is 71.8 Å². The van der Waals surface area contributed by atoms with Crippen LogP contribution in [-0.2, 0) is 0 Å². The first-order valence-corrected chi connectivity index (χ1v) is 5.60. The maximum atomic E-state index is 2.35. The molecule has 0 unspecified atom stereocenters. The minimum absolute atomic E-state index is 0.256. The standard InChI is InChI=1S/C14H24/c1-10(2)11-8-9-12(13(3,4)5)14(11,6)7/h8-10H,1-7H3. The monoisotopic (exact) mass is 192 g/mol. The summed E-state index contributed by atoms with van der Waals surface area (Å²) in [5, 5.41) is 0. The lowest BCUT2D eigenvalue weighted by Gasteiger charge is -2.36. The van der Waals surface area contributed by atoms with Gasteiger partial charge in [-0.05, 0) is 11.3 Å². The molecule has 0 saturated heterocycles. The zero-order valence-electron chi connectivity index (χ0n) is 10.7. The number of hydrogen-bond donors (Lipinski definition) is 0. The molecule has 0 fully saturated rings. The van der Waals surface area contributed by atoms with Crippen molar-refractivity contribution in [3.05, 3.63) is 23.3 Å². The van der Waals surface area contributed by atoms with E-state index in [0.717, 1.165) is 0 Å². The predicted molar refractivity (Wildman–Crippen MR) is 64.2 cm³/mol. The smallest absolute Gasteiger partial charge is 0.00780 e. The van der Waals surface area contributed by atoms with Crippen LogP contribution in [0.15, 0.2) is 23.3 Å². The van der Waals surface area contributed by atoms with Crippen LogP contribution in [-0.4, -0.2) is 0 Å². The lowest BCUT2D eigenvalue weighted by molar-refractivity contribution is 0.369. The summed E-state index contributed by atoms with van der Waals surface area (Å²) in [7, 11) is 0. The fourth-order valence-corrected chi connectivity index (χ4v) is 2.85. The highest BCUT2D eigenvalue weighted by atomic mass is 14.4. The van der Waals surface area contributed by atoms with Crippen molar-refractivity contribution in [3.63, 3.8) is 0 Å². The first-order chi connectivity index (χ1) is 6.17. The Kier molecular flexibility index (Phi) is 2.69. The van der Waals surface area contributed by atoms with Gasteiger partial charge < -0.3 is 0 Å². The van der Waals surface area contributed by atoms with Gasteiger partial charge in [0.15, 0.2) is 0 Å². The summed E-state index contributed by atoms with van der Waals surface area (Å²) >= 11 is 0. The number of allylic oxidation sites excluding steroid dienone is 4. The van der Waals surface area contributed by atoms with E-state index in [-0.39, 0.29) is 10.8 Å². The van der Waals surface area contributed by atoms with Crippen molar-refractivity contribution in [2.24, 2.45) is 16.7 Å². The molecule has 80 valence electrons. The molecular weight excluding hydrogens is 168 g/mol. The summed E-state index contributed by atoms with van der Waals surface area (Å²) in [4.78, 5) is 0. The van der Waals surface area contributed by atoms with Gasteiger partial charge in [0.2, 0.25) is 0 Å². The van der Waals surface area contributed by atoms with E-state index < -0.39 is 0 Å². The molecule has 0 amide bonds. The van der Waals surface area contributed by atoms with Gasteiger partial charge >= 0.3 is 0 Å². The Morgan fingerprint density at radius 3 is 1.79 bits per heavy atom. The van der Waals surface area contributed by atoms with Crippen LogP contribution in [0.5, 0.6) is 0 Å². The van der Waals surface area contributed by atoms with Gasteiger partial charge in [-0.2, -0.15) is 0 Å². The maximum absolute atomic E-state index is 2.35. The first-order valence-electron chi connectivity index (χ1n) is 5.60. The van der Waals surface area contributed by atoms with Crippen LogP contribution in [0.3, 0.4) is 0 Å². The topological polar surface area (TPSA) is 0 Å². The molecule has 1 aliphatic carbocycles. The molecule has 0 spiro atoms. The van der Waals surface area contributed by atoms with Crippen molar-refractivity contribution in [2.75, 3.05) is 0 Å². The second kappa shape index (κ2) is 3.25. The van der Waals surface area contributed by atoms with Crippen LogP contribution in [0.2, 0.25) is 0 Å². The molecule has 0 aromatic heterocycles. The van der Waals surface area contributed by atoms with Crippen molar-refractivity contribution in [3.8, 4) is 0 Å². The van der Waals surface area contributed by atoms with Gasteiger partial charge in [0.1, 0.15) is 0 Å². The minimum atomic E-state index is 0.256. The average Bonchev–Trinajstić information content (AvgIpc) is 2.22. The Morgan fingerprint density at radius 1 is 1.07 bits per heavy atom. The molecule has 1 aliphatic rings. The van der Waals surface area contributed by atoms with Crippen molar-refractivity contribution in [2.45, 2.75) is 48.5 Å². The Balaban J connectivity index is 3.03. The summed E-state index contributed by atoms with van der Waals surface area (Å²) in [6.07, 6.45) is 4.65. The van der Waals surface area contributed by atoms with Crippen molar-refractivity contribution in [1.82, 2.24) is 0 Å². The van der Waals surface area contributed by atoms with Crippen LogP contribution in [0.25, 0.3) is 0 Å². The van der Waals surface area contributed by atoms with Gasteiger partial charge in [-0.15, -0.1) is 0 Å². The zero-order chi connectivity index (χ0) is 11.1. The Hall–Kier alpha value is -0.520. The SMILES string of the molecule is CC(C)C1=CC=C(C(C)(C)C)C1(C)C. The molecule has 0 nitrogen and oxygen atoms in total. The molecular formula is C14H24. The molecule has 0 heterocycles. The van der Waals surface area contributed by atoms with E-state index in [1.807, 2.05) is 0 Å². The van der Waals surface area contributed by atoms with E-state index in [4.69, 9.17) is 0 Å². The maximum Gasteiger partial charge on any atom is 0.00780 e. The van der Waals surface area contributed by atoms with Crippen LogP contribution >= 0.6 is 0 Å². The normalized spacial score (nSPS) is 21.1. The van der Waals surface area contributed by atoms with E-state index in [2.05, 4.69) is 60.6 Å². The Labute approximate surface area is 89.1 Å². The fourth-order valence-electron chi connectivity index (χ4n) is 2.85. The van der Waals surface area contributed by atoms with Crippen molar-refractivity contribution in [1.29, 1.82) is 0 Å². The minimum Gasteiger partial charge on any atom is -0.0619 e. The fraction of sp³-hybridized carbons (Fsp3) is 0.714. The van der Waals surface area contributed by atoms with Crippen molar-refractivity contribution < 1.29 is 0 Å². The molecule has 0 heteroatoms. The summed E-state index contributed by atoms with van der Waals surface area (Å²) in [6.45, 7) is 16.2. The van der Waals surface area contributed by atoms with Crippen LogP contribution < -0.4 is 0 Å². The molecule has 0 atom stereocenters. The molecule has 14 heavy (non-hydrogen) atoms. The molecule has 1 rings (SSSR count). The van der Waals surface area contributed by atoms with Gasteiger partial charge in [0, 0.05) is 5.41 Å². The Morgan fingerprint density at radius 2 is 1.57 bits per heavy atom. The quantitative estimate of drug-likeness (QED) is 0.570. The highest BCUT2D eigenvalue weighted by molar-refractivity contribution is 5.42. The van der Waals surface area contributed by atoms with Gasteiger partial charge in [-0.3, -0.25) is 0 Å². The lowest BCUT2D eigenvalue weighted by Crippen LogP contribution is -2.26. The Bertz CT molecular complexity index is 280. The summed E-state index contributed by atoms with van der Waals surface area (Å²) < 4.78 is 0. The van der Waals surface area contributed by atoms with Crippen LogP contribution in [0, 0.1) is 16.7 Å². The van der Waals surface area contributed by atoms with E-state index in [1.54, 1.807) is 11.1 Å². The molecule has 0 saturated carbocycles. The largest absolute Gasteiger partial charge is 0.0619 e. The van der Waals surface area contributed by atoms with E-state index in [9.17, 15) is 0 Å². The third kappa shape index (κ3) is 1.80. The van der Waals surface area contributed by atoms with Gasteiger partial charge in [-0.25, -0.2) is 0 Å². The summed E-state index contributed by atoms with van der Waals surface area (Å²) in [6, 6.07) is 0. The average molecular weight is 192 g/mol. The predicted octanol–water partition coefficient (Wildman–Crippen LogP) is 4.58. The van der Waals surface area contributed by atoms with E-state index in [0.29, 0.717) is 5.92 Å². The number of rotatable bonds is 1. The van der Waals surface area contributed by atoms with Crippen LogP contribution in [0.4, 0.5) is 0 Å². The molecule has 0 aromatic carbocycles. The zero-order valence-corrected chi connectivity index (χ0v) is 10.7. The second-order valence-corrected chi connectivity index (χ2v) is 6.23. The molecule has 0 N–H and O–H groups in total. The van der Waals surface area contributed by atoms with E-state index in [1.165, 1.54) is 0 Å². The van der Waals surface area contributed by atoms with Crippen LogP contribution in [0.1, 0.15) is 48.5 Å². The first kappa shape index (κ1) is 11.6. The molecule has 0 aromatic rings. The number of hydrogen-bond acceptors (Lipinski definition) is 0. The van der Waals surface area contributed by atoms with E-state index >= 15 is 0 Å². The molecule has 0 aliphatic heterocycles. The van der Waals surface area contributed by atoms with Gasteiger partial charge in [0.05, 0.1) is 0 Å². The highest BCUT2D eigenvalue weighted by Crippen LogP contribution is 2.49. The lowest BCUT2D eigenvalue weighted by atomic mass is 9.68. The molecule has 0 bridgehead atoms. The van der Waals surface area contributed by atoms with Gasteiger partial charge in [0.25, 0.3) is 0 Å². The summed E-state index contributed by atoms with van der Waals surface area (Å²) in [5.41, 5.74) is 3.68. The highest BCUT2D eigenvalue weighted by Gasteiger charge is 2.37. The summed E-state index contributed by atoms with van der Waals surface area (Å²) in [5.74, 6) is 0.654. The second-order valence-electron chi connectivity index (χ2n) is 6.23. The third-order valence-electron chi connectivity index (χ3n) is 3.25. The molecule has 0 radical (unpaired) electrons. The third-order valence-corrected chi connectivity index (χ3v) is 3.25. The van der Waals surface area contributed by atoms with Crippen molar-refractivity contribution >= 4 is 0 Å².